The van der Waals surface area contributed by atoms with Crippen LogP contribution in [0.4, 0.5) is 5.69 Å². The Labute approximate surface area is 80.7 Å². The summed E-state index contributed by atoms with van der Waals surface area (Å²) in [4.78, 5) is 6.42. The maximum Gasteiger partial charge on any atom is 0.0592 e. The molecule has 0 saturated carbocycles. The summed E-state index contributed by atoms with van der Waals surface area (Å²) >= 11 is 3.49. The quantitative estimate of drug-likeness (QED) is 0.732. The van der Waals surface area contributed by atoms with Crippen LogP contribution in [0.1, 0.15) is 13.3 Å². The third kappa shape index (κ3) is 1.22. The van der Waals surface area contributed by atoms with E-state index < -0.39 is 0 Å². The van der Waals surface area contributed by atoms with Gasteiger partial charge in [-0.1, -0.05) is 0 Å². The van der Waals surface area contributed by atoms with Crippen LogP contribution in [-0.2, 0) is 0 Å². The predicted octanol–water partition coefficient (Wildman–Crippen LogP) is 2.44. The lowest BCUT2D eigenvalue weighted by Crippen LogP contribution is -2.45. The van der Waals surface area contributed by atoms with Gasteiger partial charge in [-0.2, -0.15) is 0 Å². The first-order chi connectivity index (χ1) is 5.79. The second-order valence-electron chi connectivity index (χ2n) is 3.16. The van der Waals surface area contributed by atoms with E-state index in [0.29, 0.717) is 6.04 Å². The van der Waals surface area contributed by atoms with Gasteiger partial charge in [0.05, 0.1) is 10.2 Å². The van der Waals surface area contributed by atoms with E-state index in [9.17, 15) is 0 Å². The summed E-state index contributed by atoms with van der Waals surface area (Å²) in [7, 11) is 0. The predicted molar refractivity (Wildman–Crippen MR) is 53.4 cm³/mol. The van der Waals surface area contributed by atoms with Gasteiger partial charge in [-0.25, -0.2) is 0 Å². The topological polar surface area (TPSA) is 16.1 Å². The number of hydrogen-bond acceptors (Lipinski definition) is 2. The molecule has 1 atom stereocenters. The molecule has 1 saturated heterocycles. The fourth-order valence-corrected chi connectivity index (χ4v) is 1.95. The highest BCUT2D eigenvalue weighted by atomic mass is 79.9. The van der Waals surface area contributed by atoms with Crippen molar-refractivity contribution in [3.8, 4) is 0 Å². The molecule has 1 aliphatic rings. The molecule has 1 fully saturated rings. The van der Waals surface area contributed by atoms with Crippen LogP contribution in [0, 0.1) is 0 Å². The summed E-state index contributed by atoms with van der Waals surface area (Å²) < 4.78 is 1.09. The van der Waals surface area contributed by atoms with Crippen molar-refractivity contribution in [2.45, 2.75) is 19.4 Å². The molecule has 0 N–H and O–H groups in total. The number of halogens is 1. The lowest BCUT2D eigenvalue weighted by Gasteiger charge is -2.41. The van der Waals surface area contributed by atoms with Crippen molar-refractivity contribution in [3.63, 3.8) is 0 Å². The molecule has 1 unspecified atom stereocenters. The highest BCUT2D eigenvalue weighted by Crippen LogP contribution is 2.31. The molecule has 2 rings (SSSR count). The second-order valence-corrected chi connectivity index (χ2v) is 4.01. The van der Waals surface area contributed by atoms with E-state index in [-0.39, 0.29) is 0 Å². The lowest BCUT2D eigenvalue weighted by atomic mass is 10.0. The molecule has 0 aliphatic carbocycles. The van der Waals surface area contributed by atoms with Crippen molar-refractivity contribution < 1.29 is 0 Å². The standard InChI is InChI=1S/C9H11BrN2/c1-7-3-5-12(7)9-2-4-11-6-8(9)10/h2,4,6-7H,3,5H2,1H3. The van der Waals surface area contributed by atoms with Gasteiger partial charge in [-0.3, -0.25) is 4.98 Å². The first-order valence-electron chi connectivity index (χ1n) is 4.15. The van der Waals surface area contributed by atoms with Crippen LogP contribution in [-0.4, -0.2) is 17.6 Å². The number of aromatic nitrogens is 1. The second kappa shape index (κ2) is 3.05. The fraction of sp³-hybridized carbons (Fsp3) is 0.444. The fourth-order valence-electron chi connectivity index (χ4n) is 1.48. The van der Waals surface area contributed by atoms with E-state index in [1.807, 2.05) is 12.4 Å². The van der Waals surface area contributed by atoms with E-state index >= 15 is 0 Å². The zero-order chi connectivity index (χ0) is 8.55. The van der Waals surface area contributed by atoms with E-state index in [4.69, 9.17) is 0 Å². The SMILES string of the molecule is CC1CCN1c1ccncc1Br. The minimum atomic E-state index is 0.684. The molecule has 64 valence electrons. The molecule has 0 amide bonds. The Morgan fingerprint density at radius 3 is 3.00 bits per heavy atom. The zero-order valence-corrected chi connectivity index (χ0v) is 8.58. The summed E-state index contributed by atoms with van der Waals surface area (Å²) in [5.74, 6) is 0. The molecule has 0 radical (unpaired) electrons. The van der Waals surface area contributed by atoms with Crippen LogP contribution in [0.25, 0.3) is 0 Å². The van der Waals surface area contributed by atoms with Crippen LogP contribution in [0.2, 0.25) is 0 Å². The molecule has 1 aromatic heterocycles. The molecule has 2 nitrogen and oxygen atoms in total. The van der Waals surface area contributed by atoms with Gasteiger partial charge >= 0.3 is 0 Å². The van der Waals surface area contributed by atoms with Crippen molar-refractivity contribution in [1.82, 2.24) is 4.98 Å². The van der Waals surface area contributed by atoms with Gasteiger partial charge < -0.3 is 4.90 Å². The summed E-state index contributed by atoms with van der Waals surface area (Å²) in [5.41, 5.74) is 1.27. The third-order valence-corrected chi connectivity index (χ3v) is 2.99. The van der Waals surface area contributed by atoms with E-state index in [0.717, 1.165) is 4.47 Å². The molecule has 2 heterocycles. The molecule has 0 aromatic carbocycles. The van der Waals surface area contributed by atoms with Crippen molar-refractivity contribution >= 4 is 21.6 Å². The van der Waals surface area contributed by atoms with Crippen LogP contribution < -0.4 is 4.90 Å². The highest BCUT2D eigenvalue weighted by molar-refractivity contribution is 9.10. The molecule has 0 bridgehead atoms. The monoisotopic (exact) mass is 226 g/mol. The number of hydrogen-bond donors (Lipinski definition) is 0. The van der Waals surface area contributed by atoms with Crippen molar-refractivity contribution in [1.29, 1.82) is 0 Å². The van der Waals surface area contributed by atoms with E-state index in [2.05, 4.69) is 38.8 Å². The summed E-state index contributed by atoms with van der Waals surface area (Å²) in [5, 5.41) is 0. The van der Waals surface area contributed by atoms with Gasteiger partial charge in [-0.05, 0) is 35.3 Å². The maximum atomic E-state index is 4.04. The first-order valence-corrected chi connectivity index (χ1v) is 4.94. The average Bonchev–Trinajstić information content (AvgIpc) is 2.06. The number of pyridine rings is 1. The van der Waals surface area contributed by atoms with Crippen LogP contribution >= 0.6 is 15.9 Å². The minimum Gasteiger partial charge on any atom is -0.368 e. The van der Waals surface area contributed by atoms with Crippen LogP contribution in [0.3, 0.4) is 0 Å². The Hall–Kier alpha value is -0.570. The smallest absolute Gasteiger partial charge is 0.0592 e. The maximum absolute atomic E-state index is 4.04. The van der Waals surface area contributed by atoms with Crippen LogP contribution in [0.15, 0.2) is 22.9 Å². The van der Waals surface area contributed by atoms with Crippen molar-refractivity contribution in [3.05, 3.63) is 22.9 Å². The average molecular weight is 227 g/mol. The Morgan fingerprint density at radius 1 is 1.67 bits per heavy atom. The molecule has 0 spiro atoms. The normalized spacial score (nSPS) is 22.2. The number of nitrogens with zero attached hydrogens (tertiary/aromatic N) is 2. The van der Waals surface area contributed by atoms with E-state index in [1.54, 1.807) is 0 Å². The molecule has 3 heteroatoms. The van der Waals surface area contributed by atoms with E-state index in [1.165, 1.54) is 18.7 Å². The van der Waals surface area contributed by atoms with Gasteiger partial charge in [0.25, 0.3) is 0 Å². The van der Waals surface area contributed by atoms with Gasteiger partial charge in [0.2, 0.25) is 0 Å². The highest BCUT2D eigenvalue weighted by Gasteiger charge is 2.24. The summed E-state index contributed by atoms with van der Waals surface area (Å²) in [6.45, 7) is 3.42. The molecule has 1 aromatic rings. The third-order valence-electron chi connectivity index (χ3n) is 2.38. The first kappa shape index (κ1) is 8.05. The molecule has 1 aliphatic heterocycles. The van der Waals surface area contributed by atoms with Gasteiger partial charge in [0, 0.05) is 25.0 Å². The Kier molecular flexibility index (Phi) is 2.05. The summed E-state index contributed by atoms with van der Waals surface area (Å²) in [6.07, 6.45) is 4.99. The lowest BCUT2D eigenvalue weighted by molar-refractivity contribution is 0.480. The Balaban J connectivity index is 2.27. The molecule has 12 heavy (non-hydrogen) atoms. The molecular weight excluding hydrogens is 216 g/mol. The summed E-state index contributed by atoms with van der Waals surface area (Å²) in [6, 6.07) is 2.74. The Morgan fingerprint density at radius 2 is 2.50 bits per heavy atom. The zero-order valence-electron chi connectivity index (χ0n) is 7.00. The molecular formula is C9H11BrN2. The number of anilines is 1. The van der Waals surface area contributed by atoms with Crippen molar-refractivity contribution in [2.24, 2.45) is 0 Å². The van der Waals surface area contributed by atoms with Gasteiger partial charge in [0.1, 0.15) is 0 Å². The Bertz CT molecular complexity index is 288. The minimum absolute atomic E-state index is 0.684. The van der Waals surface area contributed by atoms with Crippen molar-refractivity contribution in [2.75, 3.05) is 11.4 Å². The number of rotatable bonds is 1. The largest absolute Gasteiger partial charge is 0.368 e. The van der Waals surface area contributed by atoms with Crippen LogP contribution in [0.5, 0.6) is 0 Å². The van der Waals surface area contributed by atoms with Gasteiger partial charge in [0.15, 0.2) is 0 Å². The van der Waals surface area contributed by atoms with Gasteiger partial charge in [-0.15, -0.1) is 0 Å².